The molecule has 0 unspecified atom stereocenters. The van der Waals surface area contributed by atoms with Gasteiger partial charge in [-0.15, -0.1) is 0 Å². The highest BCUT2D eigenvalue weighted by atomic mass is 16.2. The van der Waals surface area contributed by atoms with Crippen molar-refractivity contribution in [3.05, 3.63) is 53.0 Å². The van der Waals surface area contributed by atoms with Crippen molar-refractivity contribution in [2.45, 2.75) is 39.7 Å². The first-order valence-electron chi connectivity index (χ1n) is 13.0. The number of pyridine rings is 3. The van der Waals surface area contributed by atoms with Gasteiger partial charge in [-0.25, -0.2) is 9.97 Å². The van der Waals surface area contributed by atoms with Crippen molar-refractivity contribution >= 4 is 34.8 Å². The number of carbonyl (C=O) groups excluding carboxylic acids is 2. The van der Waals surface area contributed by atoms with E-state index in [4.69, 9.17) is 14.1 Å². The van der Waals surface area contributed by atoms with Gasteiger partial charge in [-0.1, -0.05) is 6.07 Å². The van der Waals surface area contributed by atoms with E-state index in [1.165, 1.54) is 12.3 Å². The van der Waals surface area contributed by atoms with Crippen molar-refractivity contribution < 1.29 is 13.7 Å². The summed E-state index contributed by atoms with van der Waals surface area (Å²) < 4.78 is 22.4. The van der Waals surface area contributed by atoms with E-state index in [1.54, 1.807) is 0 Å². The molecule has 1 fully saturated rings. The zero-order chi connectivity index (χ0) is 27.4. The molecule has 1 aliphatic carbocycles. The molecule has 2 aliphatic rings. The monoisotopic (exact) mass is 474 g/mol. The molecule has 9 nitrogen and oxygen atoms in total. The van der Waals surface area contributed by atoms with E-state index in [9.17, 15) is 9.59 Å². The second-order valence-electron chi connectivity index (χ2n) is 9.14. The Kier molecular flexibility index (Phi) is 4.77. The van der Waals surface area contributed by atoms with Gasteiger partial charge in [0, 0.05) is 58.8 Å². The first kappa shape index (κ1) is 19.3. The maximum atomic E-state index is 12.9. The smallest absolute Gasteiger partial charge is 0.254 e. The first-order chi connectivity index (χ1) is 17.9. The van der Waals surface area contributed by atoms with Gasteiger partial charge in [0.2, 0.25) is 5.91 Å². The van der Waals surface area contributed by atoms with Crippen molar-refractivity contribution in [2.24, 2.45) is 5.92 Å². The van der Waals surface area contributed by atoms with E-state index in [0.29, 0.717) is 5.82 Å². The average molecular weight is 475 g/mol. The van der Waals surface area contributed by atoms with Crippen molar-refractivity contribution in [2.75, 3.05) is 29.6 Å². The third-order valence-electron chi connectivity index (χ3n) is 6.54. The normalized spacial score (nSPS) is 17.9. The summed E-state index contributed by atoms with van der Waals surface area (Å²) in [6, 6.07) is 7.57. The molecule has 1 aliphatic heterocycles. The van der Waals surface area contributed by atoms with Gasteiger partial charge in [-0.05, 0) is 45.7 Å². The van der Waals surface area contributed by atoms with Crippen molar-refractivity contribution in [1.82, 2.24) is 20.3 Å². The molecular weight excluding hydrogens is 442 g/mol. The van der Waals surface area contributed by atoms with Gasteiger partial charge < -0.3 is 20.9 Å². The Hall–Kier alpha value is -4.01. The van der Waals surface area contributed by atoms with E-state index in [0.717, 1.165) is 46.7 Å². The fourth-order valence-electron chi connectivity index (χ4n) is 4.39. The van der Waals surface area contributed by atoms with E-state index < -0.39 is 12.9 Å². The molecule has 0 bridgehead atoms. The fraction of sp³-hybridized carbons (Fsp3) is 0.346. The summed E-state index contributed by atoms with van der Waals surface area (Å²) in [5.41, 5.74) is 5.53. The molecule has 4 heterocycles. The van der Waals surface area contributed by atoms with Crippen LogP contribution in [0, 0.1) is 19.8 Å². The summed E-state index contributed by atoms with van der Waals surface area (Å²) in [5, 5.41) is 8.04. The van der Waals surface area contributed by atoms with Gasteiger partial charge in [-0.2, -0.15) is 0 Å². The third-order valence-corrected chi connectivity index (χ3v) is 6.54. The molecule has 1 saturated carbocycles. The first-order valence-corrected chi connectivity index (χ1v) is 11.5. The Morgan fingerprint density at radius 3 is 2.69 bits per heavy atom. The zero-order valence-electron chi connectivity index (χ0n) is 23.1. The van der Waals surface area contributed by atoms with Gasteiger partial charge in [0.15, 0.2) is 5.82 Å². The van der Waals surface area contributed by atoms with Crippen LogP contribution in [0.25, 0.3) is 11.3 Å². The molecule has 3 N–H and O–H groups in total. The lowest BCUT2D eigenvalue weighted by Gasteiger charge is -2.36. The quantitative estimate of drug-likeness (QED) is 0.510. The molecule has 2 amide bonds. The molecular formula is C26H29N7O2. The van der Waals surface area contributed by atoms with Crippen LogP contribution in [0.4, 0.5) is 23.0 Å². The highest BCUT2D eigenvalue weighted by Gasteiger charge is 2.32. The van der Waals surface area contributed by atoms with E-state index in [1.807, 2.05) is 38.3 Å². The molecule has 180 valence electrons. The lowest BCUT2D eigenvalue weighted by molar-refractivity contribution is -0.117. The van der Waals surface area contributed by atoms with Crippen LogP contribution in [-0.2, 0) is 4.79 Å². The zero-order valence-corrected chi connectivity index (χ0v) is 20.1. The number of nitrogens with zero attached hydrogens (tertiary/aromatic N) is 4. The van der Waals surface area contributed by atoms with Crippen LogP contribution in [0.15, 0.2) is 30.5 Å². The SMILES string of the molecule is [2H]C([2H])([2H])NC(=O)c1cnc(NC(=O)C2CC2)cc1Nc1nc(C)cc2c1N(C)[C@H](C)c1ccc(C)nc1-2. The molecule has 5 rings (SSSR count). The van der Waals surface area contributed by atoms with Gasteiger partial charge in [0.1, 0.15) is 5.82 Å². The average Bonchev–Trinajstić information content (AvgIpc) is 3.67. The number of carbonyl (C=O) groups is 2. The lowest BCUT2D eigenvalue weighted by atomic mass is 9.93. The van der Waals surface area contributed by atoms with Crippen LogP contribution in [0.5, 0.6) is 0 Å². The minimum atomic E-state index is -2.68. The Balaban J connectivity index is 1.61. The van der Waals surface area contributed by atoms with Crippen molar-refractivity contribution in [3.8, 4) is 11.3 Å². The molecule has 3 aromatic rings. The highest BCUT2D eigenvalue weighted by molar-refractivity contribution is 6.02. The minimum Gasteiger partial charge on any atom is -0.364 e. The van der Waals surface area contributed by atoms with Gasteiger partial charge >= 0.3 is 0 Å². The summed E-state index contributed by atoms with van der Waals surface area (Å²) in [7, 11) is 1.96. The highest BCUT2D eigenvalue weighted by Crippen LogP contribution is 2.47. The largest absolute Gasteiger partial charge is 0.364 e. The Morgan fingerprint density at radius 1 is 1.14 bits per heavy atom. The van der Waals surface area contributed by atoms with Crippen LogP contribution in [0.1, 0.15) is 57.2 Å². The third kappa shape index (κ3) is 4.18. The van der Waals surface area contributed by atoms with Crippen molar-refractivity contribution in [3.63, 3.8) is 0 Å². The summed E-state index contributed by atoms with van der Waals surface area (Å²) in [5.74, 6) is -0.284. The summed E-state index contributed by atoms with van der Waals surface area (Å²) in [6.45, 7) is 3.21. The number of nitrogens with one attached hydrogen (secondary N) is 3. The second kappa shape index (κ2) is 8.65. The minimum absolute atomic E-state index is 0.000170. The van der Waals surface area contributed by atoms with Crippen LogP contribution >= 0.6 is 0 Å². The number of amides is 2. The van der Waals surface area contributed by atoms with E-state index in [2.05, 4.69) is 33.5 Å². The van der Waals surface area contributed by atoms with Crippen LogP contribution in [0.3, 0.4) is 0 Å². The number of rotatable bonds is 5. The summed E-state index contributed by atoms with van der Waals surface area (Å²) in [4.78, 5) is 41.1. The summed E-state index contributed by atoms with van der Waals surface area (Å²) >= 11 is 0. The Bertz CT molecular complexity index is 1450. The van der Waals surface area contributed by atoms with Crippen LogP contribution in [-0.4, -0.2) is 40.8 Å². The molecule has 3 aromatic heterocycles. The fourth-order valence-corrected chi connectivity index (χ4v) is 4.39. The maximum absolute atomic E-state index is 12.9. The predicted octanol–water partition coefficient (Wildman–Crippen LogP) is 4.12. The number of aromatic nitrogens is 3. The number of hydrogen-bond donors (Lipinski definition) is 3. The van der Waals surface area contributed by atoms with E-state index in [-0.39, 0.29) is 34.9 Å². The molecule has 0 spiro atoms. The topological polar surface area (TPSA) is 112 Å². The number of fused-ring (bicyclic) bond motifs is 3. The number of hydrogen-bond acceptors (Lipinski definition) is 7. The van der Waals surface area contributed by atoms with Gasteiger partial charge in [0.05, 0.1) is 28.7 Å². The molecule has 1 atom stereocenters. The van der Waals surface area contributed by atoms with E-state index >= 15 is 0 Å². The van der Waals surface area contributed by atoms with Crippen LogP contribution < -0.4 is 20.9 Å². The molecule has 0 saturated heterocycles. The standard InChI is InChI=1S/C26H29N7O2/c1-13-6-9-17-15(3)33(5)23-18(22(17)29-13)10-14(2)30-24(23)31-20-11-21(32-25(34)16-7-8-16)28-12-19(20)26(35)27-4/h6,9-12,15-16H,7-8H2,1-5H3,(H,27,35)(H2,28,30,31,32,34)/t15-/m1/s1/i4D3. The lowest BCUT2D eigenvalue weighted by Crippen LogP contribution is -2.28. The van der Waals surface area contributed by atoms with Gasteiger partial charge in [0.25, 0.3) is 5.91 Å². The summed E-state index contributed by atoms with van der Waals surface area (Å²) in [6.07, 6.45) is 2.91. The Morgan fingerprint density at radius 2 is 1.94 bits per heavy atom. The van der Waals surface area contributed by atoms with Crippen molar-refractivity contribution in [1.29, 1.82) is 0 Å². The molecule has 9 heteroatoms. The second-order valence-corrected chi connectivity index (χ2v) is 9.14. The Labute approximate surface area is 208 Å². The maximum Gasteiger partial charge on any atom is 0.254 e. The molecule has 0 radical (unpaired) electrons. The molecule has 0 aromatic carbocycles. The van der Waals surface area contributed by atoms with Crippen LogP contribution in [0.2, 0.25) is 0 Å². The predicted molar refractivity (Wildman–Crippen MR) is 136 cm³/mol. The van der Waals surface area contributed by atoms with Gasteiger partial charge in [-0.3, -0.25) is 14.6 Å². The number of anilines is 4. The molecule has 35 heavy (non-hydrogen) atoms. The number of aryl methyl sites for hydroxylation is 2.